The summed E-state index contributed by atoms with van der Waals surface area (Å²) in [6.45, 7) is 0.671. The fraction of sp³-hybridized carbons (Fsp3) is 0.263. The molecule has 1 fully saturated rings. The number of halogens is 2. The minimum absolute atomic E-state index is 0.177. The first kappa shape index (κ1) is 18.8. The topological polar surface area (TPSA) is 67.9 Å². The Morgan fingerprint density at radius 3 is 2.59 bits per heavy atom. The van der Waals surface area contributed by atoms with Crippen molar-refractivity contribution in [3.05, 3.63) is 59.2 Å². The number of benzene rings is 2. The molecule has 0 saturated carbocycles. The fourth-order valence-electron chi connectivity index (χ4n) is 2.72. The van der Waals surface area contributed by atoms with Gasteiger partial charge in [0.1, 0.15) is 17.4 Å². The van der Waals surface area contributed by atoms with Crippen LogP contribution in [0, 0.1) is 11.6 Å². The third kappa shape index (κ3) is 4.06. The molecule has 2 amide bonds. The molecular weight excluding hydrogens is 358 g/mol. The van der Waals surface area contributed by atoms with Gasteiger partial charge in [-0.3, -0.25) is 14.4 Å². The Morgan fingerprint density at radius 2 is 1.89 bits per heavy atom. The van der Waals surface area contributed by atoms with E-state index in [1.807, 2.05) is 0 Å². The van der Waals surface area contributed by atoms with Crippen molar-refractivity contribution in [3.63, 3.8) is 0 Å². The lowest BCUT2D eigenvalue weighted by molar-refractivity contribution is -0.144. The molecule has 6 nitrogen and oxygen atoms in total. The second-order valence-electron chi connectivity index (χ2n) is 5.91. The van der Waals surface area contributed by atoms with E-state index in [4.69, 9.17) is 9.57 Å². The van der Waals surface area contributed by atoms with Gasteiger partial charge in [-0.05, 0) is 31.0 Å². The minimum Gasteiger partial charge on any atom is -0.496 e. The highest BCUT2D eigenvalue weighted by Gasteiger charge is 2.25. The van der Waals surface area contributed by atoms with Crippen LogP contribution < -0.4 is 10.1 Å². The van der Waals surface area contributed by atoms with Gasteiger partial charge in [-0.15, -0.1) is 0 Å². The molecule has 1 saturated heterocycles. The van der Waals surface area contributed by atoms with E-state index in [0.29, 0.717) is 25.0 Å². The van der Waals surface area contributed by atoms with E-state index in [-0.39, 0.29) is 16.8 Å². The Kier molecular flexibility index (Phi) is 5.66. The molecule has 1 N–H and O–H groups in total. The number of hydrogen-bond donors (Lipinski definition) is 1. The van der Waals surface area contributed by atoms with Gasteiger partial charge in [-0.25, -0.2) is 13.8 Å². The first-order valence-corrected chi connectivity index (χ1v) is 8.39. The minimum atomic E-state index is -1.03. The van der Waals surface area contributed by atoms with Gasteiger partial charge in [0.25, 0.3) is 11.8 Å². The van der Waals surface area contributed by atoms with Crippen molar-refractivity contribution in [2.75, 3.05) is 25.6 Å². The third-order valence-electron chi connectivity index (χ3n) is 4.12. The van der Waals surface area contributed by atoms with Crippen LogP contribution in [0.25, 0.3) is 0 Å². The molecule has 142 valence electrons. The van der Waals surface area contributed by atoms with Gasteiger partial charge in [-0.1, -0.05) is 12.1 Å². The molecule has 2 aromatic rings. The fourth-order valence-corrected chi connectivity index (χ4v) is 2.72. The highest BCUT2D eigenvalue weighted by atomic mass is 19.1. The molecule has 27 heavy (non-hydrogen) atoms. The van der Waals surface area contributed by atoms with Gasteiger partial charge in [0.15, 0.2) is 0 Å². The number of carbonyl (C=O) groups is 2. The van der Waals surface area contributed by atoms with Crippen molar-refractivity contribution >= 4 is 17.5 Å². The summed E-state index contributed by atoms with van der Waals surface area (Å²) >= 11 is 0. The first-order chi connectivity index (χ1) is 13.0. The zero-order valence-corrected chi connectivity index (χ0v) is 14.6. The van der Waals surface area contributed by atoms with Gasteiger partial charge in [0.2, 0.25) is 0 Å². The van der Waals surface area contributed by atoms with Crippen LogP contribution >= 0.6 is 0 Å². The summed E-state index contributed by atoms with van der Waals surface area (Å²) in [6, 6.07) is 7.93. The molecule has 0 aliphatic carbocycles. The number of carbonyl (C=O) groups excluding carboxylic acids is 2. The Labute approximate surface area is 154 Å². The molecule has 0 bridgehead atoms. The predicted molar refractivity (Wildman–Crippen MR) is 93.5 cm³/mol. The molecular formula is C19H18F2N2O4. The molecule has 2 aromatic carbocycles. The molecule has 0 aromatic heterocycles. The van der Waals surface area contributed by atoms with Crippen LogP contribution in [0.2, 0.25) is 0 Å². The summed E-state index contributed by atoms with van der Waals surface area (Å²) in [4.78, 5) is 30.1. The Balaban J connectivity index is 1.87. The summed E-state index contributed by atoms with van der Waals surface area (Å²) in [5, 5.41) is 3.40. The Bertz CT molecular complexity index is 867. The molecule has 1 aliphatic heterocycles. The van der Waals surface area contributed by atoms with Crippen molar-refractivity contribution in [2.45, 2.75) is 12.8 Å². The lowest BCUT2D eigenvalue weighted by Crippen LogP contribution is -2.36. The number of para-hydroxylation sites is 1. The van der Waals surface area contributed by atoms with Crippen molar-refractivity contribution < 1.29 is 27.9 Å². The number of hydrogen-bond acceptors (Lipinski definition) is 4. The maximum Gasteiger partial charge on any atom is 0.280 e. The van der Waals surface area contributed by atoms with Crippen molar-refractivity contribution in [2.24, 2.45) is 0 Å². The highest BCUT2D eigenvalue weighted by molar-refractivity contribution is 6.07. The van der Waals surface area contributed by atoms with E-state index in [9.17, 15) is 18.4 Å². The van der Waals surface area contributed by atoms with Gasteiger partial charge >= 0.3 is 0 Å². The van der Waals surface area contributed by atoms with E-state index in [2.05, 4.69) is 5.32 Å². The van der Waals surface area contributed by atoms with Gasteiger partial charge in [0.05, 0.1) is 30.5 Å². The number of amides is 2. The van der Waals surface area contributed by atoms with Crippen LogP contribution in [0.15, 0.2) is 36.4 Å². The number of nitrogens with one attached hydrogen (secondary N) is 1. The first-order valence-electron chi connectivity index (χ1n) is 8.39. The lowest BCUT2D eigenvalue weighted by atomic mass is 10.1. The van der Waals surface area contributed by atoms with Crippen molar-refractivity contribution in [1.82, 2.24) is 5.06 Å². The number of methoxy groups -OCH3 is 1. The second-order valence-corrected chi connectivity index (χ2v) is 5.91. The standard InChI is InChI=1S/C19H18F2N2O4/c1-26-17-7-3-2-6-12(17)18(24)22-16-10-13(14(20)11-15(16)21)19(25)23-8-4-5-9-27-23/h2-3,6-7,10-11H,4-5,8-9H2,1H3,(H,22,24). The smallest absolute Gasteiger partial charge is 0.280 e. The van der Waals surface area contributed by atoms with E-state index < -0.39 is 23.4 Å². The second kappa shape index (κ2) is 8.13. The van der Waals surface area contributed by atoms with Crippen molar-refractivity contribution in [1.29, 1.82) is 0 Å². The number of anilines is 1. The van der Waals surface area contributed by atoms with E-state index >= 15 is 0 Å². The third-order valence-corrected chi connectivity index (χ3v) is 4.12. The van der Waals surface area contributed by atoms with Crippen LogP contribution in [-0.2, 0) is 4.84 Å². The largest absolute Gasteiger partial charge is 0.496 e. The van der Waals surface area contributed by atoms with Gasteiger partial charge < -0.3 is 10.1 Å². The average Bonchev–Trinajstić information content (AvgIpc) is 2.70. The molecule has 0 atom stereocenters. The van der Waals surface area contributed by atoms with E-state index in [0.717, 1.165) is 24.0 Å². The lowest BCUT2D eigenvalue weighted by Gasteiger charge is -2.26. The normalized spacial score (nSPS) is 14.0. The number of hydroxylamine groups is 2. The number of nitrogens with zero attached hydrogens (tertiary/aromatic N) is 1. The van der Waals surface area contributed by atoms with E-state index in [1.54, 1.807) is 18.2 Å². The molecule has 1 heterocycles. The predicted octanol–water partition coefficient (Wildman–Crippen LogP) is 3.39. The zero-order valence-electron chi connectivity index (χ0n) is 14.6. The maximum atomic E-state index is 14.2. The van der Waals surface area contributed by atoms with Gasteiger partial charge in [0, 0.05) is 12.6 Å². The monoisotopic (exact) mass is 376 g/mol. The van der Waals surface area contributed by atoms with Crippen LogP contribution in [0.4, 0.5) is 14.5 Å². The molecule has 0 radical (unpaired) electrons. The zero-order chi connectivity index (χ0) is 19.4. The number of ether oxygens (including phenoxy) is 1. The summed E-state index contributed by atoms with van der Waals surface area (Å²) in [6.07, 6.45) is 1.53. The van der Waals surface area contributed by atoms with Crippen LogP contribution in [0.3, 0.4) is 0 Å². The molecule has 1 aliphatic rings. The Morgan fingerprint density at radius 1 is 1.11 bits per heavy atom. The van der Waals surface area contributed by atoms with Crippen molar-refractivity contribution in [3.8, 4) is 5.75 Å². The summed E-state index contributed by atoms with van der Waals surface area (Å²) in [5.41, 5.74) is -0.516. The summed E-state index contributed by atoms with van der Waals surface area (Å²) in [5.74, 6) is -3.09. The molecule has 0 unspecified atom stereocenters. The molecule has 8 heteroatoms. The van der Waals surface area contributed by atoms with Gasteiger partial charge in [-0.2, -0.15) is 0 Å². The van der Waals surface area contributed by atoms with Crippen LogP contribution in [0.5, 0.6) is 5.75 Å². The number of rotatable bonds is 4. The summed E-state index contributed by atoms with van der Waals surface area (Å²) in [7, 11) is 1.40. The SMILES string of the molecule is COc1ccccc1C(=O)Nc1cc(C(=O)N2CCCCO2)c(F)cc1F. The highest BCUT2D eigenvalue weighted by Crippen LogP contribution is 2.24. The molecule has 3 rings (SSSR count). The van der Waals surface area contributed by atoms with Crippen LogP contribution in [-0.4, -0.2) is 37.1 Å². The summed E-state index contributed by atoms with van der Waals surface area (Å²) < 4.78 is 33.4. The van der Waals surface area contributed by atoms with E-state index in [1.165, 1.54) is 13.2 Å². The maximum absolute atomic E-state index is 14.2. The average molecular weight is 376 g/mol. The Hall–Kier alpha value is -3.00. The quantitative estimate of drug-likeness (QED) is 0.888. The molecule has 0 spiro atoms. The van der Waals surface area contributed by atoms with Crippen LogP contribution in [0.1, 0.15) is 33.6 Å².